The van der Waals surface area contributed by atoms with Crippen LogP contribution in [-0.4, -0.2) is 29.4 Å². The van der Waals surface area contributed by atoms with Crippen LogP contribution in [0.15, 0.2) is 18.2 Å². The molecule has 1 aromatic heterocycles. The fraction of sp³-hybridized carbons (Fsp3) is 0.286. The van der Waals surface area contributed by atoms with E-state index in [0.717, 1.165) is 25.2 Å². The van der Waals surface area contributed by atoms with Crippen LogP contribution in [0.4, 0.5) is 5.13 Å². The molecule has 1 aromatic carbocycles. The molecule has 1 aliphatic rings. The number of amides is 1. The second-order valence-electron chi connectivity index (χ2n) is 4.95. The van der Waals surface area contributed by atoms with Gasteiger partial charge < -0.3 is 4.90 Å². The summed E-state index contributed by atoms with van der Waals surface area (Å²) in [4.78, 5) is 20.2. The number of nitrogens with one attached hydrogen (secondary N) is 1. The molecule has 0 unspecified atom stereocenters. The first-order valence-corrected chi connectivity index (χ1v) is 8.03. The topological polar surface area (TPSA) is 45.2 Å². The van der Waals surface area contributed by atoms with Crippen molar-refractivity contribution in [2.45, 2.75) is 13.0 Å². The summed E-state index contributed by atoms with van der Waals surface area (Å²) in [6.45, 7) is 1.87. The maximum Gasteiger partial charge on any atom is 0.259 e. The van der Waals surface area contributed by atoms with E-state index in [1.807, 2.05) is 0 Å². The van der Waals surface area contributed by atoms with Gasteiger partial charge >= 0.3 is 0 Å². The van der Waals surface area contributed by atoms with Crippen LogP contribution >= 0.6 is 34.5 Å². The molecule has 21 heavy (non-hydrogen) atoms. The van der Waals surface area contributed by atoms with E-state index >= 15 is 0 Å². The minimum Gasteiger partial charge on any atom is -0.301 e. The van der Waals surface area contributed by atoms with Crippen molar-refractivity contribution in [1.82, 2.24) is 9.88 Å². The van der Waals surface area contributed by atoms with Gasteiger partial charge in [0, 0.05) is 29.4 Å². The Morgan fingerprint density at radius 2 is 2.24 bits per heavy atom. The normalized spacial score (nSPS) is 14.8. The number of likely N-dealkylation sites (N-methyl/N-ethyl adjacent to an activating group) is 1. The van der Waals surface area contributed by atoms with Gasteiger partial charge in [-0.3, -0.25) is 10.1 Å². The molecule has 3 rings (SSSR count). The lowest BCUT2D eigenvalue weighted by molar-refractivity contribution is 0.102. The number of hydrogen-bond acceptors (Lipinski definition) is 4. The van der Waals surface area contributed by atoms with Gasteiger partial charge in [-0.1, -0.05) is 23.2 Å². The molecule has 4 nitrogen and oxygen atoms in total. The number of carbonyl (C=O) groups is 1. The number of aromatic nitrogens is 1. The largest absolute Gasteiger partial charge is 0.301 e. The molecule has 2 heterocycles. The van der Waals surface area contributed by atoms with E-state index in [4.69, 9.17) is 23.2 Å². The number of rotatable bonds is 2. The smallest absolute Gasteiger partial charge is 0.259 e. The molecule has 0 atom stereocenters. The van der Waals surface area contributed by atoms with E-state index < -0.39 is 0 Å². The van der Waals surface area contributed by atoms with Gasteiger partial charge in [-0.05, 0) is 25.2 Å². The van der Waals surface area contributed by atoms with Gasteiger partial charge in [-0.2, -0.15) is 0 Å². The van der Waals surface area contributed by atoms with Gasteiger partial charge in [0.05, 0.1) is 16.3 Å². The first-order chi connectivity index (χ1) is 10.0. The Kier molecular flexibility index (Phi) is 4.17. The lowest BCUT2D eigenvalue weighted by Gasteiger charge is -2.20. The van der Waals surface area contributed by atoms with Crippen LogP contribution < -0.4 is 5.32 Å². The molecule has 0 fully saturated rings. The van der Waals surface area contributed by atoms with E-state index in [9.17, 15) is 4.79 Å². The zero-order chi connectivity index (χ0) is 15.0. The first-order valence-electron chi connectivity index (χ1n) is 6.46. The summed E-state index contributed by atoms with van der Waals surface area (Å²) in [5, 5.41) is 4.26. The molecule has 0 radical (unpaired) electrons. The quantitative estimate of drug-likeness (QED) is 0.905. The van der Waals surface area contributed by atoms with Crippen molar-refractivity contribution in [2.75, 3.05) is 18.9 Å². The van der Waals surface area contributed by atoms with Crippen LogP contribution in [0.2, 0.25) is 10.0 Å². The van der Waals surface area contributed by atoms with Gasteiger partial charge in [-0.15, -0.1) is 11.3 Å². The van der Waals surface area contributed by atoms with Crippen molar-refractivity contribution in [1.29, 1.82) is 0 Å². The number of benzene rings is 1. The van der Waals surface area contributed by atoms with Crippen molar-refractivity contribution >= 4 is 45.6 Å². The fourth-order valence-electron chi connectivity index (χ4n) is 2.21. The van der Waals surface area contributed by atoms with Crippen molar-refractivity contribution in [2.24, 2.45) is 0 Å². The van der Waals surface area contributed by atoms with E-state index in [1.54, 1.807) is 18.2 Å². The second-order valence-corrected chi connectivity index (χ2v) is 6.88. The summed E-state index contributed by atoms with van der Waals surface area (Å²) >= 11 is 13.5. The van der Waals surface area contributed by atoms with Crippen LogP contribution in [0.1, 0.15) is 20.9 Å². The van der Waals surface area contributed by atoms with Crippen LogP contribution in [0, 0.1) is 0 Å². The Hall–Kier alpha value is -1.14. The minimum absolute atomic E-state index is 0.290. The zero-order valence-electron chi connectivity index (χ0n) is 11.3. The summed E-state index contributed by atoms with van der Waals surface area (Å²) in [5.74, 6) is -0.290. The summed E-state index contributed by atoms with van der Waals surface area (Å²) in [6, 6.07) is 4.82. The average molecular weight is 342 g/mol. The lowest BCUT2D eigenvalue weighted by Crippen LogP contribution is -2.25. The standard InChI is InChI=1S/C14H13Cl2N3OS/c1-19-5-4-11-12(7-19)21-14(17-11)18-13(20)9-6-8(15)2-3-10(9)16/h2-3,6H,4-5,7H2,1H3,(H,17,18,20). The molecule has 7 heteroatoms. The molecule has 0 saturated heterocycles. The highest BCUT2D eigenvalue weighted by Gasteiger charge is 2.20. The third-order valence-corrected chi connectivity index (χ3v) is 4.88. The molecule has 2 aromatic rings. The Morgan fingerprint density at radius 3 is 3.05 bits per heavy atom. The van der Waals surface area contributed by atoms with Gasteiger partial charge in [0.15, 0.2) is 5.13 Å². The summed E-state index contributed by atoms with van der Waals surface area (Å²) in [6.07, 6.45) is 0.913. The van der Waals surface area contributed by atoms with Gasteiger partial charge in [0.25, 0.3) is 5.91 Å². The third-order valence-electron chi connectivity index (χ3n) is 3.32. The molecule has 0 bridgehead atoms. The number of hydrogen-bond donors (Lipinski definition) is 1. The highest BCUT2D eigenvalue weighted by molar-refractivity contribution is 7.15. The zero-order valence-corrected chi connectivity index (χ0v) is 13.6. The van der Waals surface area contributed by atoms with E-state index in [0.29, 0.717) is 20.7 Å². The van der Waals surface area contributed by atoms with Crippen molar-refractivity contribution in [3.05, 3.63) is 44.4 Å². The predicted molar refractivity (Wildman–Crippen MR) is 86.6 cm³/mol. The molecular weight excluding hydrogens is 329 g/mol. The van der Waals surface area contributed by atoms with Crippen LogP contribution in [0.3, 0.4) is 0 Å². The fourth-order valence-corrected chi connectivity index (χ4v) is 3.67. The van der Waals surface area contributed by atoms with Crippen LogP contribution in [0.5, 0.6) is 0 Å². The minimum atomic E-state index is -0.290. The molecular formula is C14H13Cl2N3OS. The summed E-state index contributed by atoms with van der Waals surface area (Å²) in [7, 11) is 2.08. The highest BCUT2D eigenvalue weighted by Crippen LogP contribution is 2.29. The average Bonchev–Trinajstić information content (AvgIpc) is 2.82. The van der Waals surface area contributed by atoms with Crippen molar-refractivity contribution < 1.29 is 4.79 Å². The summed E-state index contributed by atoms with van der Waals surface area (Å²) in [5.41, 5.74) is 1.43. The SMILES string of the molecule is CN1CCc2nc(NC(=O)c3cc(Cl)ccc3Cl)sc2C1. The Labute approximate surface area is 136 Å². The Balaban J connectivity index is 1.80. The van der Waals surface area contributed by atoms with E-state index in [1.165, 1.54) is 16.2 Å². The number of fused-ring (bicyclic) bond motifs is 1. The van der Waals surface area contributed by atoms with E-state index in [2.05, 4.69) is 22.2 Å². The molecule has 0 spiro atoms. The van der Waals surface area contributed by atoms with Gasteiger partial charge in [-0.25, -0.2) is 4.98 Å². The van der Waals surface area contributed by atoms with Gasteiger partial charge in [0.1, 0.15) is 0 Å². The molecule has 1 N–H and O–H groups in total. The van der Waals surface area contributed by atoms with Crippen molar-refractivity contribution in [3.63, 3.8) is 0 Å². The van der Waals surface area contributed by atoms with Crippen molar-refractivity contribution in [3.8, 4) is 0 Å². The highest BCUT2D eigenvalue weighted by atomic mass is 35.5. The van der Waals surface area contributed by atoms with E-state index in [-0.39, 0.29) is 5.91 Å². The monoisotopic (exact) mass is 341 g/mol. The Bertz CT molecular complexity index is 702. The first kappa shape index (κ1) is 14.8. The predicted octanol–water partition coefficient (Wildman–Crippen LogP) is 3.69. The molecule has 110 valence electrons. The third kappa shape index (κ3) is 3.21. The summed E-state index contributed by atoms with van der Waals surface area (Å²) < 4.78 is 0. The maximum atomic E-state index is 12.3. The molecule has 0 aliphatic carbocycles. The molecule has 1 aliphatic heterocycles. The Morgan fingerprint density at radius 1 is 1.43 bits per heavy atom. The van der Waals surface area contributed by atoms with Gasteiger partial charge in [0.2, 0.25) is 0 Å². The number of nitrogens with zero attached hydrogens (tertiary/aromatic N) is 2. The van der Waals surface area contributed by atoms with Crippen LogP contribution in [0.25, 0.3) is 0 Å². The number of halogens is 2. The lowest BCUT2D eigenvalue weighted by atomic mass is 10.2. The second kappa shape index (κ2) is 5.93. The maximum absolute atomic E-state index is 12.3. The molecule has 1 amide bonds. The number of anilines is 1. The molecule has 0 saturated carbocycles. The van der Waals surface area contributed by atoms with Crippen LogP contribution in [-0.2, 0) is 13.0 Å². The number of carbonyl (C=O) groups excluding carboxylic acids is 1. The number of thiazole rings is 1.